The minimum atomic E-state index is -1.09. The molecule has 5 N–H and O–H groups in total. The van der Waals surface area contributed by atoms with Crippen LogP contribution in [0.5, 0.6) is 5.75 Å². The number of aromatic amines is 1. The van der Waals surface area contributed by atoms with E-state index in [1.165, 1.54) is 7.05 Å². The molecule has 0 saturated carbocycles. The number of hydrogen-bond acceptors (Lipinski definition) is 4. The Morgan fingerprint density at radius 3 is 2.81 bits per heavy atom. The Kier molecular flexibility index (Phi) is 3.79. The summed E-state index contributed by atoms with van der Waals surface area (Å²) in [5.74, 6) is -1.60. The van der Waals surface area contributed by atoms with Crippen LogP contribution < -0.4 is 10.5 Å². The first kappa shape index (κ1) is 14.4. The number of carboxylic acids is 1. The molecule has 0 saturated heterocycles. The Balaban J connectivity index is 2.37. The van der Waals surface area contributed by atoms with Crippen molar-refractivity contribution in [1.29, 1.82) is 5.41 Å². The number of aliphatic carboxylic acids is 1. The van der Waals surface area contributed by atoms with E-state index in [2.05, 4.69) is 4.98 Å². The number of nitrogens with zero attached hydrogens (tertiary/aromatic N) is 1. The van der Waals surface area contributed by atoms with Gasteiger partial charge in [0.1, 0.15) is 11.4 Å². The van der Waals surface area contributed by atoms with Gasteiger partial charge in [0.05, 0.1) is 5.52 Å². The van der Waals surface area contributed by atoms with Crippen molar-refractivity contribution in [1.82, 2.24) is 9.88 Å². The second kappa shape index (κ2) is 5.53. The molecule has 2 rings (SSSR count). The summed E-state index contributed by atoms with van der Waals surface area (Å²) in [6.07, 6.45) is 0. The van der Waals surface area contributed by atoms with Crippen LogP contribution in [0.3, 0.4) is 0 Å². The molecule has 21 heavy (non-hydrogen) atoms. The van der Waals surface area contributed by atoms with Crippen molar-refractivity contribution >= 4 is 28.7 Å². The quantitative estimate of drug-likeness (QED) is 0.483. The summed E-state index contributed by atoms with van der Waals surface area (Å²) in [7, 11) is 1.39. The van der Waals surface area contributed by atoms with E-state index in [0.29, 0.717) is 16.7 Å². The van der Waals surface area contributed by atoms with Gasteiger partial charge >= 0.3 is 5.97 Å². The number of ether oxygens (including phenoxy) is 1. The highest BCUT2D eigenvalue weighted by Gasteiger charge is 2.17. The van der Waals surface area contributed by atoms with Crippen LogP contribution in [-0.4, -0.2) is 46.5 Å². The van der Waals surface area contributed by atoms with Crippen molar-refractivity contribution < 1.29 is 19.4 Å². The monoisotopic (exact) mass is 290 g/mol. The number of fused-ring (bicyclic) bond motifs is 1. The van der Waals surface area contributed by atoms with Gasteiger partial charge in [0.2, 0.25) is 0 Å². The van der Waals surface area contributed by atoms with E-state index >= 15 is 0 Å². The van der Waals surface area contributed by atoms with Gasteiger partial charge in [-0.2, -0.15) is 0 Å². The summed E-state index contributed by atoms with van der Waals surface area (Å²) in [5, 5.41) is 16.6. The zero-order valence-electron chi connectivity index (χ0n) is 11.2. The number of carbonyl (C=O) groups is 2. The Morgan fingerprint density at radius 2 is 2.19 bits per heavy atom. The number of H-pyrrole nitrogens is 1. The summed E-state index contributed by atoms with van der Waals surface area (Å²) in [5.41, 5.74) is 6.01. The van der Waals surface area contributed by atoms with Crippen molar-refractivity contribution in [3.05, 3.63) is 30.0 Å². The van der Waals surface area contributed by atoms with Gasteiger partial charge in [0.25, 0.3) is 5.91 Å². The highest BCUT2D eigenvalue weighted by atomic mass is 16.5. The molecule has 0 aliphatic carbocycles. The predicted molar refractivity (Wildman–Crippen MR) is 75.4 cm³/mol. The van der Waals surface area contributed by atoms with Crippen LogP contribution in [0.25, 0.3) is 10.9 Å². The molecule has 110 valence electrons. The number of guanidine groups is 1. The normalized spacial score (nSPS) is 10.3. The van der Waals surface area contributed by atoms with Crippen molar-refractivity contribution in [3.8, 4) is 5.75 Å². The summed E-state index contributed by atoms with van der Waals surface area (Å²) in [4.78, 5) is 26.5. The van der Waals surface area contributed by atoms with E-state index in [9.17, 15) is 9.59 Å². The van der Waals surface area contributed by atoms with Gasteiger partial charge in [-0.1, -0.05) is 12.1 Å². The van der Waals surface area contributed by atoms with Crippen LogP contribution >= 0.6 is 0 Å². The summed E-state index contributed by atoms with van der Waals surface area (Å²) in [6, 6.07) is 6.63. The highest BCUT2D eigenvalue weighted by Crippen LogP contribution is 2.26. The van der Waals surface area contributed by atoms with E-state index < -0.39 is 18.5 Å². The van der Waals surface area contributed by atoms with Crippen LogP contribution in [0, 0.1) is 5.41 Å². The number of nitrogens with one attached hydrogen (secondary N) is 2. The van der Waals surface area contributed by atoms with Crippen LogP contribution in [-0.2, 0) is 4.79 Å². The average molecular weight is 290 g/mol. The third kappa shape index (κ3) is 2.94. The van der Waals surface area contributed by atoms with Gasteiger partial charge in [-0.05, 0) is 12.1 Å². The van der Waals surface area contributed by atoms with Gasteiger partial charge < -0.3 is 20.6 Å². The van der Waals surface area contributed by atoms with E-state index in [4.69, 9.17) is 21.0 Å². The number of benzene rings is 1. The molecule has 0 aliphatic rings. The summed E-state index contributed by atoms with van der Waals surface area (Å²) >= 11 is 0. The van der Waals surface area contributed by atoms with Crippen molar-refractivity contribution in [2.45, 2.75) is 0 Å². The molecule has 1 amide bonds. The molecule has 1 aromatic carbocycles. The fraction of sp³-hybridized carbons (Fsp3) is 0.154. The maximum absolute atomic E-state index is 12.1. The van der Waals surface area contributed by atoms with Crippen LogP contribution in [0.2, 0.25) is 0 Å². The lowest BCUT2D eigenvalue weighted by Gasteiger charge is -2.12. The molecule has 1 heterocycles. The number of aromatic nitrogens is 1. The SMILES string of the molecule is CN(C(=N)N)C(=O)c1cc2cccc(OCC(=O)O)c2[nH]1. The molecule has 2 aromatic rings. The number of para-hydroxylation sites is 1. The molecule has 0 bridgehead atoms. The van der Waals surface area contributed by atoms with Crippen molar-refractivity contribution in [2.75, 3.05) is 13.7 Å². The number of rotatable bonds is 4. The smallest absolute Gasteiger partial charge is 0.341 e. The molecule has 0 unspecified atom stereocenters. The van der Waals surface area contributed by atoms with E-state index in [1.54, 1.807) is 24.3 Å². The Hall–Kier alpha value is -3.03. The maximum atomic E-state index is 12.1. The Labute approximate surface area is 119 Å². The van der Waals surface area contributed by atoms with E-state index in [1.807, 2.05) is 0 Å². The zero-order valence-corrected chi connectivity index (χ0v) is 11.2. The molecular weight excluding hydrogens is 276 g/mol. The number of hydrogen-bond donors (Lipinski definition) is 4. The first-order chi connectivity index (χ1) is 9.90. The number of carbonyl (C=O) groups excluding carboxylic acids is 1. The molecule has 0 spiro atoms. The lowest BCUT2D eigenvalue weighted by atomic mass is 10.2. The first-order valence-electron chi connectivity index (χ1n) is 5.98. The molecule has 0 fully saturated rings. The lowest BCUT2D eigenvalue weighted by Crippen LogP contribution is -2.38. The predicted octanol–water partition coefficient (Wildman–Crippen LogP) is 0.597. The molecular formula is C13H14N4O4. The Morgan fingerprint density at radius 1 is 1.48 bits per heavy atom. The fourth-order valence-electron chi connectivity index (χ4n) is 1.79. The first-order valence-corrected chi connectivity index (χ1v) is 5.98. The van der Waals surface area contributed by atoms with Gasteiger partial charge in [-0.15, -0.1) is 0 Å². The number of amides is 1. The molecule has 1 aromatic heterocycles. The van der Waals surface area contributed by atoms with E-state index in [-0.39, 0.29) is 11.7 Å². The topological polar surface area (TPSA) is 133 Å². The molecule has 0 atom stereocenters. The number of nitrogens with two attached hydrogens (primary N) is 1. The molecule has 0 aliphatic heterocycles. The maximum Gasteiger partial charge on any atom is 0.341 e. The van der Waals surface area contributed by atoms with Gasteiger partial charge in [0, 0.05) is 12.4 Å². The van der Waals surface area contributed by atoms with Gasteiger partial charge in [-0.3, -0.25) is 15.1 Å². The van der Waals surface area contributed by atoms with Crippen LogP contribution in [0.15, 0.2) is 24.3 Å². The van der Waals surface area contributed by atoms with Gasteiger partial charge in [-0.25, -0.2) is 4.79 Å². The minimum Gasteiger partial charge on any atom is -0.480 e. The average Bonchev–Trinajstić information content (AvgIpc) is 2.87. The molecule has 0 radical (unpaired) electrons. The fourth-order valence-corrected chi connectivity index (χ4v) is 1.79. The van der Waals surface area contributed by atoms with Crippen molar-refractivity contribution in [2.24, 2.45) is 5.73 Å². The second-order valence-corrected chi connectivity index (χ2v) is 4.34. The zero-order chi connectivity index (χ0) is 15.6. The largest absolute Gasteiger partial charge is 0.480 e. The highest BCUT2D eigenvalue weighted by molar-refractivity contribution is 6.06. The van der Waals surface area contributed by atoms with Crippen molar-refractivity contribution in [3.63, 3.8) is 0 Å². The lowest BCUT2D eigenvalue weighted by molar-refractivity contribution is -0.139. The second-order valence-electron chi connectivity index (χ2n) is 4.34. The standard InChI is InChI=1S/C13H14N4O4/c1-17(13(14)15)12(20)8-5-7-3-2-4-9(11(7)16-8)21-6-10(18)19/h2-5,16H,6H2,1H3,(H3,14,15)(H,18,19). The van der Waals surface area contributed by atoms with Gasteiger partial charge in [0.15, 0.2) is 12.6 Å². The third-order valence-corrected chi connectivity index (χ3v) is 2.87. The van der Waals surface area contributed by atoms with Crippen LogP contribution in [0.1, 0.15) is 10.5 Å². The number of carboxylic acid groups (broad SMARTS) is 1. The van der Waals surface area contributed by atoms with E-state index in [0.717, 1.165) is 4.90 Å². The molecule has 8 heteroatoms. The Bertz CT molecular complexity index is 722. The third-order valence-electron chi connectivity index (χ3n) is 2.87. The summed E-state index contributed by atoms with van der Waals surface area (Å²) in [6.45, 7) is -0.477. The minimum absolute atomic E-state index is 0.231. The summed E-state index contributed by atoms with van der Waals surface area (Å²) < 4.78 is 5.16. The molecule has 8 nitrogen and oxygen atoms in total. The van der Waals surface area contributed by atoms with Crippen LogP contribution in [0.4, 0.5) is 0 Å².